The number of rotatable bonds is 5. The Hall–Kier alpha value is -3.72. The van der Waals surface area contributed by atoms with Gasteiger partial charge in [0.1, 0.15) is 5.69 Å². The molecule has 0 aliphatic carbocycles. The summed E-state index contributed by atoms with van der Waals surface area (Å²) in [5.74, 6) is -0.718. The Morgan fingerprint density at radius 3 is 2.56 bits per heavy atom. The molecule has 0 unspecified atom stereocenters. The first kappa shape index (κ1) is 21.5. The van der Waals surface area contributed by atoms with Gasteiger partial charge in [-0.05, 0) is 44.0 Å². The fourth-order valence-corrected chi connectivity index (χ4v) is 3.94. The minimum atomic E-state index is -0.718. The van der Waals surface area contributed by atoms with Crippen molar-refractivity contribution < 1.29 is 9.72 Å². The number of carbonyl (C=O) groups excluding carboxylic acids is 1. The normalized spacial score (nSPS) is 13.2. The average molecular weight is 454 g/mol. The number of benzene rings is 2. The predicted octanol–water partition coefficient (Wildman–Crippen LogP) is 3.96. The van der Waals surface area contributed by atoms with Crippen LogP contribution in [0.1, 0.15) is 29.0 Å². The standard InChI is InChI=1S/C22H20ClN5O4/c1-14-12-20(29)21(25-27(14)18-6-2-3-7-19(18)28(31)32)22(30)24-16-13-15(23)8-9-17(16)26-10-4-5-11-26/h2-3,6-9,12-13H,4-5,10-11H2,1H3,(H,24,30). The minimum absolute atomic E-state index is 0.157. The average Bonchev–Trinajstić information content (AvgIpc) is 3.28. The van der Waals surface area contributed by atoms with Crippen molar-refractivity contribution in [2.75, 3.05) is 23.3 Å². The molecule has 0 spiro atoms. The van der Waals surface area contributed by atoms with Crippen LogP contribution in [0.25, 0.3) is 5.69 Å². The Labute approximate surface area is 188 Å². The summed E-state index contributed by atoms with van der Waals surface area (Å²) in [5.41, 5.74) is 0.658. The van der Waals surface area contributed by atoms with Gasteiger partial charge in [-0.3, -0.25) is 19.7 Å². The molecule has 32 heavy (non-hydrogen) atoms. The minimum Gasteiger partial charge on any atom is -0.370 e. The lowest BCUT2D eigenvalue weighted by atomic mass is 10.2. The van der Waals surface area contributed by atoms with E-state index in [1.54, 1.807) is 25.1 Å². The Morgan fingerprint density at radius 1 is 1.12 bits per heavy atom. The third kappa shape index (κ3) is 4.19. The summed E-state index contributed by atoms with van der Waals surface area (Å²) in [4.78, 5) is 38.7. The number of hydrogen-bond donors (Lipinski definition) is 1. The SMILES string of the molecule is Cc1cc(=O)c(C(=O)Nc2cc(Cl)ccc2N2CCCC2)nn1-c1ccccc1[N+](=O)[O-]. The van der Waals surface area contributed by atoms with Crippen LogP contribution >= 0.6 is 11.6 Å². The largest absolute Gasteiger partial charge is 0.370 e. The van der Waals surface area contributed by atoms with E-state index in [9.17, 15) is 19.7 Å². The van der Waals surface area contributed by atoms with E-state index in [-0.39, 0.29) is 17.1 Å². The molecule has 9 nitrogen and oxygen atoms in total. The van der Waals surface area contributed by atoms with Crippen molar-refractivity contribution in [3.8, 4) is 5.69 Å². The van der Waals surface area contributed by atoms with E-state index in [0.717, 1.165) is 31.6 Å². The van der Waals surface area contributed by atoms with Gasteiger partial charge in [0.15, 0.2) is 5.69 Å². The zero-order valence-electron chi connectivity index (χ0n) is 17.2. The first-order valence-electron chi connectivity index (χ1n) is 10.1. The molecule has 0 saturated carbocycles. The number of carbonyl (C=O) groups is 1. The number of nitrogens with zero attached hydrogens (tertiary/aromatic N) is 4. The smallest absolute Gasteiger partial charge is 0.294 e. The maximum atomic E-state index is 13.0. The maximum absolute atomic E-state index is 13.0. The number of nitro benzene ring substituents is 1. The van der Waals surface area contributed by atoms with Gasteiger partial charge in [0.05, 0.1) is 16.3 Å². The highest BCUT2D eigenvalue weighted by molar-refractivity contribution is 6.31. The van der Waals surface area contributed by atoms with Gasteiger partial charge in [0.2, 0.25) is 5.43 Å². The molecule has 1 N–H and O–H groups in total. The van der Waals surface area contributed by atoms with Crippen LogP contribution in [0.3, 0.4) is 0 Å². The molecule has 0 atom stereocenters. The zero-order valence-corrected chi connectivity index (χ0v) is 18.0. The van der Waals surface area contributed by atoms with Gasteiger partial charge in [-0.25, -0.2) is 4.68 Å². The summed E-state index contributed by atoms with van der Waals surface area (Å²) in [6.45, 7) is 3.31. The number of para-hydroxylation sites is 2. The molecule has 164 valence electrons. The molecule has 1 aliphatic heterocycles. The van der Waals surface area contributed by atoms with Crippen molar-refractivity contribution in [2.45, 2.75) is 19.8 Å². The molecule has 1 amide bonds. The van der Waals surface area contributed by atoms with Gasteiger partial charge < -0.3 is 10.2 Å². The van der Waals surface area contributed by atoms with E-state index in [4.69, 9.17) is 11.6 Å². The lowest BCUT2D eigenvalue weighted by molar-refractivity contribution is -0.384. The number of nitro groups is 1. The summed E-state index contributed by atoms with van der Waals surface area (Å²) in [5, 5.41) is 18.8. The number of halogens is 1. The van der Waals surface area contributed by atoms with Gasteiger partial charge in [-0.2, -0.15) is 5.10 Å². The summed E-state index contributed by atoms with van der Waals surface area (Å²) in [6, 6.07) is 12.4. The van der Waals surface area contributed by atoms with Gasteiger partial charge >= 0.3 is 0 Å². The van der Waals surface area contributed by atoms with Crippen molar-refractivity contribution in [3.05, 3.63) is 85.3 Å². The van der Waals surface area contributed by atoms with Crippen LogP contribution in [-0.4, -0.2) is 33.7 Å². The monoisotopic (exact) mass is 453 g/mol. The molecule has 0 bridgehead atoms. The highest BCUT2D eigenvalue weighted by atomic mass is 35.5. The van der Waals surface area contributed by atoms with Crippen molar-refractivity contribution in [3.63, 3.8) is 0 Å². The Morgan fingerprint density at radius 2 is 1.84 bits per heavy atom. The van der Waals surface area contributed by atoms with Gasteiger partial charge in [0.25, 0.3) is 11.6 Å². The number of aromatic nitrogens is 2. The second-order valence-electron chi connectivity index (χ2n) is 7.47. The second-order valence-corrected chi connectivity index (χ2v) is 7.90. The van der Waals surface area contributed by atoms with Crippen LogP contribution in [0, 0.1) is 17.0 Å². The molecule has 2 heterocycles. The molecule has 1 fully saturated rings. The van der Waals surface area contributed by atoms with E-state index in [0.29, 0.717) is 16.4 Å². The van der Waals surface area contributed by atoms with E-state index in [1.165, 1.54) is 28.9 Å². The van der Waals surface area contributed by atoms with Crippen molar-refractivity contribution >= 4 is 34.6 Å². The molecule has 1 saturated heterocycles. The van der Waals surface area contributed by atoms with E-state index >= 15 is 0 Å². The van der Waals surface area contributed by atoms with Crippen molar-refractivity contribution in [1.29, 1.82) is 0 Å². The predicted molar refractivity (Wildman–Crippen MR) is 122 cm³/mol. The fourth-order valence-electron chi connectivity index (χ4n) is 3.77. The number of hydrogen-bond acceptors (Lipinski definition) is 6. The Kier molecular flexibility index (Phi) is 5.91. The van der Waals surface area contributed by atoms with E-state index in [1.807, 2.05) is 6.07 Å². The van der Waals surface area contributed by atoms with Crippen LogP contribution < -0.4 is 15.6 Å². The number of aryl methyl sites for hydroxylation is 1. The van der Waals surface area contributed by atoms with Gasteiger partial charge in [0, 0.05) is 35.9 Å². The van der Waals surface area contributed by atoms with Gasteiger partial charge in [-0.1, -0.05) is 23.7 Å². The summed E-state index contributed by atoms with van der Waals surface area (Å²) in [6.07, 6.45) is 2.10. The first-order chi connectivity index (χ1) is 15.3. The molecule has 1 aliphatic rings. The molecule has 0 radical (unpaired) electrons. The third-order valence-corrected chi connectivity index (χ3v) is 5.52. The lowest BCUT2D eigenvalue weighted by Gasteiger charge is -2.21. The maximum Gasteiger partial charge on any atom is 0.294 e. The van der Waals surface area contributed by atoms with E-state index < -0.39 is 16.3 Å². The quantitative estimate of drug-likeness (QED) is 0.462. The molecule has 4 rings (SSSR count). The highest BCUT2D eigenvalue weighted by Gasteiger charge is 2.22. The lowest BCUT2D eigenvalue weighted by Crippen LogP contribution is -2.28. The van der Waals surface area contributed by atoms with Crippen molar-refractivity contribution in [2.24, 2.45) is 0 Å². The van der Waals surface area contributed by atoms with Crippen LogP contribution in [-0.2, 0) is 0 Å². The summed E-state index contributed by atoms with van der Waals surface area (Å²) in [7, 11) is 0. The topological polar surface area (TPSA) is 110 Å². The zero-order chi connectivity index (χ0) is 22.8. The van der Waals surface area contributed by atoms with Crippen LogP contribution in [0.2, 0.25) is 5.02 Å². The van der Waals surface area contributed by atoms with Gasteiger partial charge in [-0.15, -0.1) is 0 Å². The Bertz CT molecular complexity index is 1270. The number of nitrogens with one attached hydrogen (secondary N) is 1. The molecule has 2 aromatic carbocycles. The summed E-state index contributed by atoms with van der Waals surface area (Å²) < 4.78 is 1.23. The second kappa shape index (κ2) is 8.80. The molecular formula is C22H20ClN5O4. The van der Waals surface area contributed by atoms with Crippen LogP contribution in [0.15, 0.2) is 53.3 Å². The Balaban J connectivity index is 1.74. The van der Waals surface area contributed by atoms with Crippen LogP contribution in [0.4, 0.5) is 17.1 Å². The number of amides is 1. The molecule has 3 aromatic rings. The highest BCUT2D eigenvalue weighted by Crippen LogP contribution is 2.32. The first-order valence-corrected chi connectivity index (χ1v) is 10.4. The van der Waals surface area contributed by atoms with Crippen molar-refractivity contribution in [1.82, 2.24) is 9.78 Å². The van der Waals surface area contributed by atoms with Crippen LogP contribution in [0.5, 0.6) is 0 Å². The third-order valence-electron chi connectivity index (χ3n) is 5.28. The molecular weight excluding hydrogens is 434 g/mol. The van der Waals surface area contributed by atoms with E-state index in [2.05, 4.69) is 15.3 Å². The summed E-state index contributed by atoms with van der Waals surface area (Å²) >= 11 is 6.14. The fraction of sp³-hybridized carbons (Fsp3) is 0.227. The molecule has 1 aromatic heterocycles. The molecule has 10 heteroatoms. The number of anilines is 2.